The Labute approximate surface area is 121 Å². The molecule has 0 saturated heterocycles. The van der Waals surface area contributed by atoms with E-state index in [1.54, 1.807) is 23.6 Å². The van der Waals surface area contributed by atoms with Crippen LogP contribution in [0.3, 0.4) is 0 Å². The predicted molar refractivity (Wildman–Crippen MR) is 77.7 cm³/mol. The average molecular weight is 290 g/mol. The van der Waals surface area contributed by atoms with Crippen LogP contribution in [0.5, 0.6) is 0 Å². The molecule has 0 aliphatic carbocycles. The third kappa shape index (κ3) is 1.99. The average Bonchev–Trinajstić information content (AvgIpc) is 2.89. The van der Waals surface area contributed by atoms with E-state index in [4.69, 9.17) is 16.9 Å². The van der Waals surface area contributed by atoms with E-state index >= 15 is 0 Å². The highest BCUT2D eigenvalue weighted by Gasteiger charge is 2.27. The van der Waals surface area contributed by atoms with Crippen molar-refractivity contribution in [3.63, 3.8) is 0 Å². The van der Waals surface area contributed by atoms with Gasteiger partial charge < -0.3 is 4.90 Å². The summed E-state index contributed by atoms with van der Waals surface area (Å²) in [6.45, 7) is 3.04. The van der Waals surface area contributed by atoms with Gasteiger partial charge in [0, 0.05) is 17.6 Å². The van der Waals surface area contributed by atoms with E-state index in [-0.39, 0.29) is 6.04 Å². The first-order chi connectivity index (χ1) is 9.22. The fourth-order valence-corrected chi connectivity index (χ4v) is 3.74. The Hall–Kier alpha value is -1.57. The lowest BCUT2D eigenvalue weighted by molar-refractivity contribution is 0.625. The van der Waals surface area contributed by atoms with Crippen molar-refractivity contribution in [3.8, 4) is 6.07 Å². The van der Waals surface area contributed by atoms with Crippen LogP contribution in [0.1, 0.15) is 29.0 Å². The minimum absolute atomic E-state index is 0.244. The Morgan fingerprint density at radius 2 is 2.37 bits per heavy atom. The molecule has 0 N–H and O–H groups in total. The number of aromatic nitrogens is 1. The van der Waals surface area contributed by atoms with Crippen molar-refractivity contribution in [3.05, 3.63) is 44.7 Å². The van der Waals surface area contributed by atoms with Crippen LogP contribution in [0.4, 0.5) is 5.82 Å². The van der Waals surface area contributed by atoms with E-state index in [1.165, 1.54) is 10.4 Å². The number of hydrogen-bond acceptors (Lipinski definition) is 4. The fraction of sp³-hybridized carbons (Fsp3) is 0.286. The minimum Gasteiger partial charge on any atom is -0.348 e. The molecule has 3 nitrogen and oxygen atoms in total. The van der Waals surface area contributed by atoms with Gasteiger partial charge >= 0.3 is 0 Å². The van der Waals surface area contributed by atoms with Crippen molar-refractivity contribution >= 4 is 28.8 Å². The molecule has 2 aromatic heterocycles. The van der Waals surface area contributed by atoms with Crippen LogP contribution in [0.15, 0.2) is 23.7 Å². The number of thiophene rings is 1. The molecule has 0 saturated carbocycles. The zero-order chi connectivity index (χ0) is 13.4. The molecular formula is C14H12ClN3S. The van der Waals surface area contributed by atoms with Crippen LogP contribution in [-0.2, 0) is 6.42 Å². The Balaban J connectivity index is 2.03. The molecule has 1 unspecified atom stereocenters. The van der Waals surface area contributed by atoms with Gasteiger partial charge in [-0.05, 0) is 36.4 Å². The van der Waals surface area contributed by atoms with Crippen LogP contribution in [0.25, 0.3) is 0 Å². The summed E-state index contributed by atoms with van der Waals surface area (Å²) in [7, 11) is 0. The second-order valence-electron chi connectivity index (χ2n) is 4.53. The number of hydrogen-bond donors (Lipinski definition) is 0. The van der Waals surface area contributed by atoms with Crippen LogP contribution >= 0.6 is 22.9 Å². The molecule has 0 amide bonds. The summed E-state index contributed by atoms with van der Waals surface area (Å²) in [5.41, 5.74) is 1.83. The van der Waals surface area contributed by atoms with Gasteiger partial charge in [-0.2, -0.15) is 5.26 Å². The number of anilines is 1. The predicted octanol–water partition coefficient (Wildman–Crippen LogP) is 3.79. The summed E-state index contributed by atoms with van der Waals surface area (Å²) in [5.74, 6) is 0.713. The highest BCUT2D eigenvalue weighted by Crippen LogP contribution is 2.38. The molecule has 19 heavy (non-hydrogen) atoms. The summed E-state index contributed by atoms with van der Waals surface area (Å²) >= 11 is 8.09. The second kappa shape index (κ2) is 4.84. The lowest BCUT2D eigenvalue weighted by atomic mass is 10.0. The smallest absolute Gasteiger partial charge is 0.149 e. The maximum atomic E-state index is 9.05. The van der Waals surface area contributed by atoms with Gasteiger partial charge in [0.1, 0.15) is 16.9 Å². The largest absolute Gasteiger partial charge is 0.348 e. The molecule has 0 spiro atoms. The zero-order valence-electron chi connectivity index (χ0n) is 10.4. The molecule has 0 fully saturated rings. The van der Waals surface area contributed by atoms with Gasteiger partial charge in [0.15, 0.2) is 0 Å². The Morgan fingerprint density at radius 3 is 3.16 bits per heavy atom. The Bertz CT molecular complexity index is 659. The lowest BCUT2D eigenvalue weighted by Crippen LogP contribution is -2.34. The standard InChI is InChI=1S/C14H12ClN3S/c1-9-11-4-7-19-12(11)3-6-18(9)14-13(15)10(8-16)2-5-17-14/h2,4-5,7,9H,3,6H2,1H3. The summed E-state index contributed by atoms with van der Waals surface area (Å²) < 4.78 is 0. The minimum atomic E-state index is 0.244. The third-order valence-electron chi connectivity index (χ3n) is 3.54. The Kier molecular flexibility index (Phi) is 3.17. The number of nitrogens with zero attached hydrogens (tertiary/aromatic N) is 3. The number of rotatable bonds is 1. The van der Waals surface area contributed by atoms with Gasteiger partial charge in [0.25, 0.3) is 0 Å². The van der Waals surface area contributed by atoms with Crippen molar-refractivity contribution in [1.82, 2.24) is 4.98 Å². The maximum absolute atomic E-state index is 9.05. The second-order valence-corrected chi connectivity index (χ2v) is 5.91. The summed E-state index contributed by atoms with van der Waals surface area (Å²) in [4.78, 5) is 7.98. The van der Waals surface area contributed by atoms with E-state index < -0.39 is 0 Å². The van der Waals surface area contributed by atoms with Crippen molar-refractivity contribution in [2.45, 2.75) is 19.4 Å². The van der Waals surface area contributed by atoms with Crippen molar-refractivity contribution < 1.29 is 0 Å². The SMILES string of the molecule is CC1c2ccsc2CCN1c1nccc(C#N)c1Cl. The quantitative estimate of drug-likeness (QED) is 0.802. The monoisotopic (exact) mass is 289 g/mol. The van der Waals surface area contributed by atoms with Crippen molar-refractivity contribution in [2.24, 2.45) is 0 Å². The summed E-state index contributed by atoms with van der Waals surface area (Å²) in [6.07, 6.45) is 2.65. The molecule has 0 aromatic carbocycles. The first-order valence-electron chi connectivity index (χ1n) is 6.10. The van der Waals surface area contributed by atoms with Gasteiger partial charge in [0.2, 0.25) is 0 Å². The van der Waals surface area contributed by atoms with Gasteiger partial charge in [-0.1, -0.05) is 11.6 Å². The topological polar surface area (TPSA) is 39.9 Å². The van der Waals surface area contributed by atoms with Gasteiger partial charge in [-0.25, -0.2) is 4.98 Å². The molecule has 0 radical (unpaired) electrons. The third-order valence-corrected chi connectivity index (χ3v) is 4.91. The zero-order valence-corrected chi connectivity index (χ0v) is 12.0. The number of pyridine rings is 1. The Morgan fingerprint density at radius 1 is 1.53 bits per heavy atom. The molecule has 1 aliphatic rings. The van der Waals surface area contributed by atoms with Gasteiger partial charge in [-0.3, -0.25) is 0 Å². The number of nitriles is 1. The van der Waals surface area contributed by atoms with E-state index in [2.05, 4.69) is 34.3 Å². The normalized spacial score (nSPS) is 17.9. The lowest BCUT2D eigenvalue weighted by Gasteiger charge is -2.35. The molecule has 3 rings (SSSR count). The van der Waals surface area contributed by atoms with Gasteiger partial charge in [0.05, 0.1) is 11.6 Å². The number of fused-ring (bicyclic) bond motifs is 1. The van der Waals surface area contributed by atoms with Crippen molar-refractivity contribution in [2.75, 3.05) is 11.4 Å². The highest BCUT2D eigenvalue weighted by molar-refractivity contribution is 7.10. The molecule has 1 atom stereocenters. The van der Waals surface area contributed by atoms with E-state index in [1.807, 2.05) is 0 Å². The van der Waals surface area contributed by atoms with Crippen LogP contribution < -0.4 is 4.90 Å². The maximum Gasteiger partial charge on any atom is 0.149 e. The van der Waals surface area contributed by atoms with Crippen LogP contribution in [-0.4, -0.2) is 11.5 Å². The molecule has 2 aromatic rings. The molecular weight excluding hydrogens is 278 g/mol. The fourth-order valence-electron chi connectivity index (χ4n) is 2.52. The molecule has 1 aliphatic heterocycles. The van der Waals surface area contributed by atoms with E-state index in [0.717, 1.165) is 13.0 Å². The van der Waals surface area contributed by atoms with Crippen molar-refractivity contribution in [1.29, 1.82) is 5.26 Å². The highest BCUT2D eigenvalue weighted by atomic mass is 35.5. The summed E-state index contributed by atoms with van der Waals surface area (Å²) in [5, 5.41) is 11.6. The molecule has 5 heteroatoms. The van der Waals surface area contributed by atoms with Gasteiger partial charge in [-0.15, -0.1) is 11.3 Å². The van der Waals surface area contributed by atoms with Crippen LogP contribution in [0, 0.1) is 11.3 Å². The number of halogens is 1. The van der Waals surface area contributed by atoms with E-state index in [9.17, 15) is 0 Å². The summed E-state index contributed by atoms with van der Waals surface area (Å²) in [6, 6.07) is 6.17. The molecule has 3 heterocycles. The first-order valence-corrected chi connectivity index (χ1v) is 7.35. The van der Waals surface area contributed by atoms with E-state index in [0.29, 0.717) is 16.4 Å². The molecule has 0 bridgehead atoms. The van der Waals surface area contributed by atoms with Crippen LogP contribution in [0.2, 0.25) is 5.02 Å². The molecule has 96 valence electrons. The first kappa shape index (κ1) is 12.5.